The molecule has 2 N–H and O–H groups in total. The Kier molecular flexibility index (Phi) is 7.79. The molecule has 7 nitrogen and oxygen atoms in total. The number of hydrogen-bond donors (Lipinski definition) is 2. The first kappa shape index (κ1) is 26.3. The van der Waals surface area contributed by atoms with Crippen molar-refractivity contribution in [2.24, 2.45) is 0 Å². The predicted octanol–water partition coefficient (Wildman–Crippen LogP) is 6.03. The molecule has 8 heteroatoms. The van der Waals surface area contributed by atoms with E-state index in [1.54, 1.807) is 54.3 Å². The largest absolute Gasteiger partial charge is 0.461 e. The first-order chi connectivity index (χ1) is 18.9. The van der Waals surface area contributed by atoms with Crippen LogP contribution in [0.1, 0.15) is 40.9 Å². The summed E-state index contributed by atoms with van der Waals surface area (Å²) in [7, 11) is 0. The maximum Gasteiger partial charge on any atom is 0.354 e. The Bertz CT molecular complexity index is 1550. The minimum Gasteiger partial charge on any atom is -0.461 e. The zero-order chi connectivity index (χ0) is 27.4. The summed E-state index contributed by atoms with van der Waals surface area (Å²) < 4.78 is 5.07. The quantitative estimate of drug-likeness (QED) is 0.220. The van der Waals surface area contributed by atoms with Gasteiger partial charge < -0.3 is 19.9 Å². The van der Waals surface area contributed by atoms with E-state index in [9.17, 15) is 14.4 Å². The number of fused-ring (bicyclic) bond motifs is 1. The van der Waals surface area contributed by atoms with E-state index >= 15 is 0 Å². The van der Waals surface area contributed by atoms with Crippen LogP contribution in [0.3, 0.4) is 0 Å². The highest BCUT2D eigenvalue weighted by Gasteiger charge is 2.42. The number of aromatic amines is 1. The van der Waals surface area contributed by atoms with Gasteiger partial charge in [-0.1, -0.05) is 54.1 Å². The van der Waals surface area contributed by atoms with Crippen molar-refractivity contribution in [2.75, 3.05) is 18.5 Å². The Morgan fingerprint density at radius 2 is 1.87 bits per heavy atom. The zero-order valence-corrected chi connectivity index (χ0v) is 22.2. The average Bonchev–Trinajstić information content (AvgIpc) is 3.57. The monoisotopic (exact) mass is 541 g/mol. The fraction of sp³-hybridized carbons (Fsp3) is 0.194. The number of rotatable bonds is 7. The van der Waals surface area contributed by atoms with Crippen molar-refractivity contribution in [3.8, 4) is 0 Å². The molecule has 0 radical (unpaired) electrons. The molecular weight excluding hydrogens is 514 g/mol. The van der Waals surface area contributed by atoms with E-state index in [0.29, 0.717) is 29.4 Å². The summed E-state index contributed by atoms with van der Waals surface area (Å²) >= 11 is 6.08. The molecule has 0 spiro atoms. The molecule has 4 aromatic rings. The number of anilines is 1. The average molecular weight is 542 g/mol. The van der Waals surface area contributed by atoms with E-state index in [1.807, 2.05) is 42.5 Å². The molecule has 2 atom stereocenters. The maximum atomic E-state index is 13.7. The number of amides is 2. The van der Waals surface area contributed by atoms with Crippen LogP contribution in [-0.2, 0) is 14.3 Å². The van der Waals surface area contributed by atoms with Gasteiger partial charge in [0.2, 0.25) is 11.8 Å². The topological polar surface area (TPSA) is 91.5 Å². The Labute approximate surface area is 231 Å². The van der Waals surface area contributed by atoms with Gasteiger partial charge in [0.1, 0.15) is 11.7 Å². The molecule has 0 unspecified atom stereocenters. The summed E-state index contributed by atoms with van der Waals surface area (Å²) in [6.07, 6.45) is 3.86. The molecule has 2 heterocycles. The van der Waals surface area contributed by atoms with Crippen LogP contribution in [0, 0.1) is 0 Å². The van der Waals surface area contributed by atoms with E-state index in [2.05, 4.69) is 10.3 Å². The summed E-state index contributed by atoms with van der Waals surface area (Å²) in [4.78, 5) is 43.8. The van der Waals surface area contributed by atoms with Crippen LogP contribution in [0.2, 0.25) is 5.02 Å². The van der Waals surface area contributed by atoms with Crippen LogP contribution in [-0.4, -0.2) is 46.9 Å². The minimum absolute atomic E-state index is 0.152. The second-order valence-corrected chi connectivity index (χ2v) is 9.80. The molecule has 198 valence electrons. The lowest BCUT2D eigenvalue weighted by Crippen LogP contribution is -2.44. The number of halogens is 1. The molecule has 0 bridgehead atoms. The van der Waals surface area contributed by atoms with E-state index in [4.69, 9.17) is 16.3 Å². The predicted molar refractivity (Wildman–Crippen MR) is 153 cm³/mol. The van der Waals surface area contributed by atoms with E-state index in [0.717, 1.165) is 22.0 Å². The highest BCUT2D eigenvalue weighted by molar-refractivity contribution is 6.30. The van der Waals surface area contributed by atoms with E-state index in [-0.39, 0.29) is 24.3 Å². The summed E-state index contributed by atoms with van der Waals surface area (Å²) in [6, 6.07) is 23.4. The Morgan fingerprint density at radius 3 is 2.64 bits per heavy atom. The van der Waals surface area contributed by atoms with Crippen molar-refractivity contribution in [1.29, 1.82) is 0 Å². The third-order valence-corrected chi connectivity index (χ3v) is 7.06. The highest BCUT2D eigenvalue weighted by atomic mass is 35.5. The molecule has 1 saturated heterocycles. The van der Waals surface area contributed by atoms with Crippen LogP contribution in [0.5, 0.6) is 0 Å². The number of likely N-dealkylation sites (tertiary alicyclic amines) is 1. The fourth-order valence-corrected chi connectivity index (χ4v) is 5.23. The van der Waals surface area contributed by atoms with Gasteiger partial charge in [0.15, 0.2) is 0 Å². The van der Waals surface area contributed by atoms with E-state index in [1.165, 1.54) is 6.08 Å². The number of aromatic nitrogens is 1. The number of hydrogen-bond acceptors (Lipinski definition) is 4. The molecule has 5 rings (SSSR count). The van der Waals surface area contributed by atoms with Gasteiger partial charge in [-0.05, 0) is 66.9 Å². The Hall–Kier alpha value is -4.36. The van der Waals surface area contributed by atoms with Crippen LogP contribution < -0.4 is 5.32 Å². The maximum absolute atomic E-state index is 13.7. The third-order valence-electron chi connectivity index (χ3n) is 6.83. The third kappa shape index (κ3) is 5.89. The Morgan fingerprint density at radius 1 is 1.05 bits per heavy atom. The Balaban J connectivity index is 1.40. The van der Waals surface area contributed by atoms with Crippen molar-refractivity contribution in [2.45, 2.75) is 25.3 Å². The summed E-state index contributed by atoms with van der Waals surface area (Å²) in [5.74, 6) is -1.10. The SMILES string of the molecule is CCOC(=O)c1cc2cc(NC(=O)[C@@H]3[C@@H](c4ccccc4)CCN3C(=O)/C=C/c3cccc(Cl)c3)ccc2[nH]1. The highest BCUT2D eigenvalue weighted by Crippen LogP contribution is 2.35. The molecule has 1 aliphatic heterocycles. The van der Waals surface area contributed by atoms with Crippen molar-refractivity contribution < 1.29 is 19.1 Å². The van der Waals surface area contributed by atoms with E-state index < -0.39 is 12.0 Å². The smallest absolute Gasteiger partial charge is 0.354 e. The van der Waals surface area contributed by atoms with Crippen molar-refractivity contribution in [3.63, 3.8) is 0 Å². The number of benzene rings is 3. The van der Waals surface area contributed by atoms with Gasteiger partial charge >= 0.3 is 5.97 Å². The summed E-state index contributed by atoms with van der Waals surface area (Å²) in [5.41, 5.74) is 3.48. The lowest BCUT2D eigenvalue weighted by molar-refractivity contribution is -0.133. The van der Waals surface area contributed by atoms with Crippen molar-refractivity contribution >= 4 is 52.1 Å². The molecule has 0 saturated carbocycles. The standard InChI is InChI=1S/C31H28ClN3O4/c1-2-39-31(38)27-19-22-18-24(12-13-26(22)34-27)33-30(37)29-25(21-8-4-3-5-9-21)15-16-35(29)28(36)14-11-20-7-6-10-23(32)17-20/h3-14,17-19,25,29,34H,2,15-16H2,1H3,(H,33,37)/b14-11+/t25-,29+/m1/s1. The molecule has 0 aliphatic carbocycles. The van der Waals surface area contributed by atoms with Gasteiger partial charge in [-0.15, -0.1) is 0 Å². The lowest BCUT2D eigenvalue weighted by atomic mass is 9.91. The summed E-state index contributed by atoms with van der Waals surface area (Å²) in [6.45, 7) is 2.49. The van der Waals surface area contributed by atoms with Crippen molar-refractivity contribution in [3.05, 3.63) is 107 Å². The number of esters is 1. The zero-order valence-electron chi connectivity index (χ0n) is 21.4. The number of carbonyl (C=O) groups is 3. The van der Waals surface area contributed by atoms with Crippen LogP contribution in [0.25, 0.3) is 17.0 Å². The minimum atomic E-state index is -0.694. The lowest BCUT2D eigenvalue weighted by Gasteiger charge is -2.27. The second-order valence-electron chi connectivity index (χ2n) is 9.37. The van der Waals surface area contributed by atoms with Gasteiger partial charge in [-0.3, -0.25) is 9.59 Å². The molecule has 3 aromatic carbocycles. The number of nitrogens with one attached hydrogen (secondary N) is 2. The van der Waals surface area contributed by atoms with Gasteiger partial charge in [-0.2, -0.15) is 0 Å². The van der Waals surface area contributed by atoms with Crippen LogP contribution in [0.15, 0.2) is 84.9 Å². The second kappa shape index (κ2) is 11.6. The number of H-pyrrole nitrogens is 1. The number of carbonyl (C=O) groups excluding carboxylic acids is 3. The molecule has 39 heavy (non-hydrogen) atoms. The normalized spacial score (nSPS) is 17.0. The molecular formula is C31H28ClN3O4. The van der Waals surface area contributed by atoms with Crippen LogP contribution in [0.4, 0.5) is 5.69 Å². The first-order valence-corrected chi connectivity index (χ1v) is 13.2. The van der Waals surface area contributed by atoms with Gasteiger partial charge in [0.25, 0.3) is 0 Å². The van der Waals surface area contributed by atoms with Crippen LogP contribution >= 0.6 is 11.6 Å². The van der Waals surface area contributed by atoms with Gasteiger partial charge in [0.05, 0.1) is 6.61 Å². The number of nitrogens with zero attached hydrogens (tertiary/aromatic N) is 1. The first-order valence-electron chi connectivity index (χ1n) is 12.8. The fourth-order valence-electron chi connectivity index (χ4n) is 5.03. The molecule has 2 amide bonds. The van der Waals surface area contributed by atoms with Gasteiger partial charge in [-0.25, -0.2) is 4.79 Å². The molecule has 1 aromatic heterocycles. The van der Waals surface area contributed by atoms with Gasteiger partial charge in [0, 0.05) is 40.2 Å². The van der Waals surface area contributed by atoms with Crippen molar-refractivity contribution in [1.82, 2.24) is 9.88 Å². The molecule has 1 aliphatic rings. The summed E-state index contributed by atoms with van der Waals surface area (Å²) in [5, 5.41) is 4.35. The number of ether oxygens (including phenoxy) is 1. The molecule has 1 fully saturated rings.